The molecule has 0 bridgehead atoms. The quantitative estimate of drug-likeness (QED) is 0.717. The van der Waals surface area contributed by atoms with E-state index in [1.807, 2.05) is 60.4 Å². The molecular formula is C21H22N4O2. The smallest absolute Gasteiger partial charge is 0.257 e. The van der Waals surface area contributed by atoms with Gasteiger partial charge < -0.3 is 14.5 Å². The zero-order chi connectivity index (χ0) is 18.8. The molecule has 1 aliphatic rings. The highest BCUT2D eigenvalue weighted by Gasteiger charge is 2.25. The van der Waals surface area contributed by atoms with Crippen LogP contribution in [-0.2, 0) is 0 Å². The molecule has 0 aliphatic carbocycles. The van der Waals surface area contributed by atoms with Gasteiger partial charge in [0.1, 0.15) is 5.75 Å². The van der Waals surface area contributed by atoms with Crippen molar-refractivity contribution in [1.29, 1.82) is 0 Å². The van der Waals surface area contributed by atoms with Gasteiger partial charge in [0.05, 0.1) is 29.4 Å². The van der Waals surface area contributed by atoms with E-state index in [1.54, 1.807) is 7.11 Å². The van der Waals surface area contributed by atoms with Crippen molar-refractivity contribution in [3.8, 4) is 5.75 Å². The number of carbonyl (C=O) groups excluding carboxylic acids is 1. The zero-order valence-corrected chi connectivity index (χ0v) is 15.6. The van der Waals surface area contributed by atoms with Crippen molar-refractivity contribution < 1.29 is 9.53 Å². The van der Waals surface area contributed by atoms with Crippen LogP contribution in [0.25, 0.3) is 11.0 Å². The lowest BCUT2D eigenvalue weighted by atomic mass is 10.1. The molecule has 27 heavy (non-hydrogen) atoms. The first-order chi connectivity index (χ1) is 13.2. The topological polar surface area (TPSA) is 58.6 Å². The first-order valence-electron chi connectivity index (χ1n) is 9.08. The Kier molecular flexibility index (Phi) is 4.62. The number of hydrogen-bond acceptors (Lipinski definition) is 5. The molecular weight excluding hydrogens is 340 g/mol. The number of para-hydroxylation sites is 3. The summed E-state index contributed by atoms with van der Waals surface area (Å²) in [4.78, 5) is 26.4. The molecule has 2 heterocycles. The fourth-order valence-electron chi connectivity index (χ4n) is 3.49. The van der Waals surface area contributed by atoms with Gasteiger partial charge in [-0.2, -0.15) is 0 Å². The molecule has 138 valence electrons. The van der Waals surface area contributed by atoms with Gasteiger partial charge in [0.15, 0.2) is 5.82 Å². The van der Waals surface area contributed by atoms with Gasteiger partial charge in [-0.15, -0.1) is 0 Å². The van der Waals surface area contributed by atoms with Crippen LogP contribution >= 0.6 is 0 Å². The Labute approximate surface area is 158 Å². The number of benzene rings is 2. The van der Waals surface area contributed by atoms with E-state index in [2.05, 4.69) is 9.88 Å². The Morgan fingerprint density at radius 1 is 0.926 bits per heavy atom. The van der Waals surface area contributed by atoms with Gasteiger partial charge in [-0.3, -0.25) is 4.79 Å². The second kappa shape index (κ2) is 7.23. The van der Waals surface area contributed by atoms with Crippen LogP contribution in [0.3, 0.4) is 0 Å². The highest BCUT2D eigenvalue weighted by atomic mass is 16.5. The van der Waals surface area contributed by atoms with Crippen LogP contribution < -0.4 is 9.64 Å². The molecule has 0 atom stereocenters. The maximum Gasteiger partial charge on any atom is 0.257 e. The summed E-state index contributed by atoms with van der Waals surface area (Å²) in [7, 11) is 1.59. The fourth-order valence-corrected chi connectivity index (χ4v) is 3.49. The highest BCUT2D eigenvalue weighted by molar-refractivity contribution is 5.97. The molecule has 6 nitrogen and oxygen atoms in total. The number of anilines is 1. The summed E-state index contributed by atoms with van der Waals surface area (Å²) in [5.41, 5.74) is 3.32. The molecule has 6 heteroatoms. The van der Waals surface area contributed by atoms with E-state index in [-0.39, 0.29) is 5.91 Å². The minimum Gasteiger partial charge on any atom is -0.496 e. The Balaban J connectivity index is 1.51. The van der Waals surface area contributed by atoms with Crippen LogP contribution in [0.15, 0.2) is 48.5 Å². The lowest BCUT2D eigenvalue weighted by molar-refractivity contribution is 0.0743. The molecule has 1 amide bonds. The zero-order valence-electron chi connectivity index (χ0n) is 15.6. The van der Waals surface area contributed by atoms with Gasteiger partial charge in [-0.25, -0.2) is 9.97 Å². The number of methoxy groups -OCH3 is 1. The van der Waals surface area contributed by atoms with Crippen molar-refractivity contribution in [2.75, 3.05) is 38.2 Å². The Morgan fingerprint density at radius 2 is 1.56 bits per heavy atom. The summed E-state index contributed by atoms with van der Waals surface area (Å²) in [6.45, 7) is 4.74. The van der Waals surface area contributed by atoms with Crippen LogP contribution in [0.5, 0.6) is 5.75 Å². The number of ether oxygens (including phenoxy) is 1. The van der Waals surface area contributed by atoms with Gasteiger partial charge in [0.25, 0.3) is 5.91 Å². The first-order valence-corrected chi connectivity index (χ1v) is 9.08. The maximum absolute atomic E-state index is 12.9. The fraction of sp³-hybridized carbons (Fsp3) is 0.286. The monoisotopic (exact) mass is 362 g/mol. The normalized spacial score (nSPS) is 14.4. The predicted octanol–water partition coefficient (Wildman–Crippen LogP) is 2.91. The number of aromatic nitrogens is 2. The number of nitrogens with zero attached hydrogens (tertiary/aromatic N) is 4. The second-order valence-corrected chi connectivity index (χ2v) is 6.60. The molecule has 0 spiro atoms. The molecule has 1 aliphatic heterocycles. The van der Waals surface area contributed by atoms with E-state index < -0.39 is 0 Å². The third kappa shape index (κ3) is 3.30. The van der Waals surface area contributed by atoms with Gasteiger partial charge in [-0.05, 0) is 31.2 Å². The maximum atomic E-state index is 12.9. The van der Waals surface area contributed by atoms with Crippen LogP contribution in [-0.4, -0.2) is 54.1 Å². The van der Waals surface area contributed by atoms with E-state index in [0.717, 1.165) is 35.6 Å². The second-order valence-electron chi connectivity index (χ2n) is 6.60. The number of fused-ring (bicyclic) bond motifs is 1. The molecule has 0 unspecified atom stereocenters. The summed E-state index contributed by atoms with van der Waals surface area (Å²) in [6.07, 6.45) is 0. The van der Waals surface area contributed by atoms with Crippen molar-refractivity contribution in [3.63, 3.8) is 0 Å². The van der Waals surface area contributed by atoms with E-state index in [1.165, 1.54) is 0 Å². The van der Waals surface area contributed by atoms with Gasteiger partial charge in [0, 0.05) is 26.2 Å². The highest BCUT2D eigenvalue weighted by Crippen LogP contribution is 2.23. The minimum absolute atomic E-state index is 0.00779. The molecule has 2 aromatic carbocycles. The summed E-state index contributed by atoms with van der Waals surface area (Å²) in [5, 5.41) is 0. The van der Waals surface area contributed by atoms with Gasteiger partial charge in [0.2, 0.25) is 0 Å². The summed E-state index contributed by atoms with van der Waals surface area (Å²) in [5.74, 6) is 1.52. The Bertz CT molecular complexity index is 981. The van der Waals surface area contributed by atoms with Crippen molar-refractivity contribution in [1.82, 2.24) is 14.9 Å². The van der Waals surface area contributed by atoms with E-state index in [9.17, 15) is 4.79 Å². The van der Waals surface area contributed by atoms with Crippen molar-refractivity contribution in [2.45, 2.75) is 6.92 Å². The summed E-state index contributed by atoms with van der Waals surface area (Å²) >= 11 is 0. The van der Waals surface area contributed by atoms with Crippen LogP contribution in [0.1, 0.15) is 16.1 Å². The van der Waals surface area contributed by atoms with Gasteiger partial charge in [-0.1, -0.05) is 24.3 Å². The minimum atomic E-state index is 0.00779. The number of aryl methyl sites for hydroxylation is 1. The summed E-state index contributed by atoms with van der Waals surface area (Å²) in [6, 6.07) is 15.3. The van der Waals surface area contributed by atoms with E-state index in [0.29, 0.717) is 24.4 Å². The molecule has 0 N–H and O–H groups in total. The lowest BCUT2D eigenvalue weighted by Gasteiger charge is -2.36. The predicted molar refractivity (Wildman–Crippen MR) is 105 cm³/mol. The number of rotatable bonds is 3. The van der Waals surface area contributed by atoms with Crippen molar-refractivity contribution in [2.24, 2.45) is 0 Å². The molecule has 4 rings (SSSR count). The summed E-state index contributed by atoms with van der Waals surface area (Å²) < 4.78 is 5.33. The average Bonchev–Trinajstić information content (AvgIpc) is 2.73. The van der Waals surface area contributed by atoms with Crippen LogP contribution in [0, 0.1) is 6.92 Å². The molecule has 1 aromatic heterocycles. The number of piperazine rings is 1. The molecule has 0 radical (unpaired) electrons. The largest absolute Gasteiger partial charge is 0.496 e. The number of carbonyl (C=O) groups is 1. The first kappa shape index (κ1) is 17.3. The Hall–Kier alpha value is -3.15. The molecule has 1 fully saturated rings. The van der Waals surface area contributed by atoms with Crippen molar-refractivity contribution in [3.05, 3.63) is 59.8 Å². The lowest BCUT2D eigenvalue weighted by Crippen LogP contribution is -2.49. The number of amides is 1. The molecule has 0 saturated carbocycles. The van der Waals surface area contributed by atoms with Crippen molar-refractivity contribution >= 4 is 22.8 Å². The van der Waals surface area contributed by atoms with Crippen LogP contribution in [0.4, 0.5) is 5.82 Å². The van der Waals surface area contributed by atoms with Crippen LogP contribution in [0.2, 0.25) is 0 Å². The third-order valence-corrected chi connectivity index (χ3v) is 4.92. The number of hydrogen-bond donors (Lipinski definition) is 0. The van der Waals surface area contributed by atoms with E-state index in [4.69, 9.17) is 9.72 Å². The third-order valence-electron chi connectivity index (χ3n) is 4.92. The molecule has 3 aromatic rings. The SMILES string of the molecule is COc1ccccc1C(=O)N1CCN(c2nc3ccccc3nc2C)CC1. The average molecular weight is 362 g/mol. The standard InChI is InChI=1S/C21H22N4O2/c1-15-20(23-18-9-5-4-8-17(18)22-15)24-11-13-25(14-12-24)21(26)16-7-3-6-10-19(16)27-2/h3-10H,11-14H2,1-2H3. The van der Waals surface area contributed by atoms with Gasteiger partial charge >= 0.3 is 0 Å². The van der Waals surface area contributed by atoms with E-state index >= 15 is 0 Å². The molecule has 1 saturated heterocycles. The Morgan fingerprint density at radius 3 is 2.26 bits per heavy atom.